The Kier molecular flexibility index (Phi) is 8.56. The van der Waals surface area contributed by atoms with E-state index in [1.807, 2.05) is 38.1 Å². The standard InChI is InChI=1S/C30H34N4O3/c1-3-21(2)27(30(37)32-25-12-9-13-26(20-25)34-18-7-8-19-34)33-29(36)23-14-16-24(17-15-23)31-28(35)22-10-5-4-6-11-22/h4-6,9-17,20-21,27H,3,7-8,18-19H2,1-2H3,(H,31,35)(H,32,37)(H,33,36)/t21-,27+/m0/s1. The molecule has 7 heteroatoms. The van der Waals surface area contributed by atoms with E-state index in [0.29, 0.717) is 16.8 Å². The molecule has 7 nitrogen and oxygen atoms in total. The van der Waals surface area contributed by atoms with Gasteiger partial charge in [0, 0.05) is 41.3 Å². The lowest BCUT2D eigenvalue weighted by Gasteiger charge is -2.24. The minimum absolute atomic E-state index is 0.0600. The number of rotatable bonds is 9. The monoisotopic (exact) mass is 498 g/mol. The van der Waals surface area contributed by atoms with Crippen LogP contribution < -0.4 is 20.9 Å². The molecule has 3 aromatic carbocycles. The third-order valence-electron chi connectivity index (χ3n) is 6.81. The lowest BCUT2D eigenvalue weighted by Crippen LogP contribution is -2.47. The number of nitrogens with one attached hydrogen (secondary N) is 3. The number of hydrogen-bond acceptors (Lipinski definition) is 4. The second kappa shape index (κ2) is 12.2. The van der Waals surface area contributed by atoms with Crippen LogP contribution in [0.2, 0.25) is 0 Å². The number of carbonyl (C=O) groups excluding carboxylic acids is 3. The quantitative estimate of drug-likeness (QED) is 0.372. The molecule has 37 heavy (non-hydrogen) atoms. The highest BCUT2D eigenvalue weighted by atomic mass is 16.2. The van der Waals surface area contributed by atoms with Gasteiger partial charge < -0.3 is 20.9 Å². The van der Waals surface area contributed by atoms with E-state index in [-0.39, 0.29) is 23.6 Å². The van der Waals surface area contributed by atoms with Gasteiger partial charge in [0.25, 0.3) is 11.8 Å². The van der Waals surface area contributed by atoms with Crippen molar-refractivity contribution in [1.29, 1.82) is 0 Å². The lowest BCUT2D eigenvalue weighted by atomic mass is 9.97. The minimum atomic E-state index is -0.689. The second-order valence-electron chi connectivity index (χ2n) is 9.47. The molecule has 0 spiro atoms. The number of amides is 3. The van der Waals surface area contributed by atoms with Gasteiger partial charge in [-0.1, -0.05) is 44.5 Å². The van der Waals surface area contributed by atoms with Crippen LogP contribution in [0.3, 0.4) is 0 Å². The van der Waals surface area contributed by atoms with Crippen LogP contribution in [-0.2, 0) is 4.79 Å². The Morgan fingerprint density at radius 3 is 2.14 bits per heavy atom. The van der Waals surface area contributed by atoms with Crippen LogP contribution >= 0.6 is 0 Å². The third kappa shape index (κ3) is 6.76. The summed E-state index contributed by atoms with van der Waals surface area (Å²) >= 11 is 0. The molecule has 192 valence electrons. The highest BCUT2D eigenvalue weighted by molar-refractivity contribution is 6.05. The van der Waals surface area contributed by atoms with E-state index in [9.17, 15) is 14.4 Å². The van der Waals surface area contributed by atoms with E-state index < -0.39 is 6.04 Å². The molecule has 0 radical (unpaired) electrons. The average Bonchev–Trinajstić information content (AvgIpc) is 3.47. The van der Waals surface area contributed by atoms with E-state index in [1.165, 1.54) is 12.8 Å². The molecule has 1 aliphatic heterocycles. The van der Waals surface area contributed by atoms with Gasteiger partial charge in [0.05, 0.1) is 0 Å². The van der Waals surface area contributed by atoms with Gasteiger partial charge in [-0.15, -0.1) is 0 Å². The summed E-state index contributed by atoms with van der Waals surface area (Å²) in [5.41, 5.74) is 3.36. The summed E-state index contributed by atoms with van der Waals surface area (Å²) in [5.74, 6) is -0.865. The largest absolute Gasteiger partial charge is 0.371 e. The van der Waals surface area contributed by atoms with Gasteiger partial charge in [-0.25, -0.2) is 0 Å². The van der Waals surface area contributed by atoms with Crippen LogP contribution in [0, 0.1) is 5.92 Å². The van der Waals surface area contributed by atoms with Gasteiger partial charge >= 0.3 is 0 Å². The van der Waals surface area contributed by atoms with Gasteiger partial charge in [-0.05, 0) is 73.4 Å². The van der Waals surface area contributed by atoms with Gasteiger partial charge in [0.2, 0.25) is 5.91 Å². The van der Waals surface area contributed by atoms with Crippen LogP contribution in [0.1, 0.15) is 53.8 Å². The lowest BCUT2D eigenvalue weighted by molar-refractivity contribution is -0.119. The van der Waals surface area contributed by atoms with E-state index in [4.69, 9.17) is 0 Å². The van der Waals surface area contributed by atoms with Crippen molar-refractivity contribution in [2.75, 3.05) is 28.6 Å². The molecule has 0 aromatic heterocycles. The molecule has 3 aromatic rings. The molecular weight excluding hydrogens is 464 g/mol. The molecule has 0 bridgehead atoms. The van der Waals surface area contributed by atoms with Crippen molar-refractivity contribution in [3.05, 3.63) is 90.0 Å². The highest BCUT2D eigenvalue weighted by Crippen LogP contribution is 2.24. The zero-order valence-corrected chi connectivity index (χ0v) is 21.4. The second-order valence-corrected chi connectivity index (χ2v) is 9.47. The van der Waals surface area contributed by atoms with Crippen LogP contribution in [0.4, 0.5) is 17.1 Å². The van der Waals surface area contributed by atoms with Crippen LogP contribution in [0.25, 0.3) is 0 Å². The number of benzene rings is 3. The van der Waals surface area contributed by atoms with Crippen molar-refractivity contribution < 1.29 is 14.4 Å². The maximum absolute atomic E-state index is 13.2. The van der Waals surface area contributed by atoms with Gasteiger partial charge in [-0.3, -0.25) is 14.4 Å². The number of anilines is 3. The molecule has 3 N–H and O–H groups in total. The fraction of sp³-hybridized carbons (Fsp3) is 0.300. The number of carbonyl (C=O) groups is 3. The van der Waals surface area contributed by atoms with Crippen molar-refractivity contribution in [3.63, 3.8) is 0 Å². The summed E-state index contributed by atoms with van der Waals surface area (Å²) in [4.78, 5) is 41.0. The molecular formula is C30H34N4O3. The Morgan fingerprint density at radius 2 is 1.46 bits per heavy atom. The Hall–Kier alpha value is -4.13. The number of nitrogens with zero attached hydrogens (tertiary/aromatic N) is 1. The van der Waals surface area contributed by atoms with E-state index in [2.05, 4.69) is 26.9 Å². The van der Waals surface area contributed by atoms with Crippen LogP contribution in [-0.4, -0.2) is 36.9 Å². The first-order valence-corrected chi connectivity index (χ1v) is 12.9. The third-order valence-corrected chi connectivity index (χ3v) is 6.81. The molecule has 1 fully saturated rings. The summed E-state index contributed by atoms with van der Waals surface area (Å²) in [6.45, 7) is 6.00. The summed E-state index contributed by atoms with van der Waals surface area (Å²) in [7, 11) is 0. The smallest absolute Gasteiger partial charge is 0.255 e. The highest BCUT2D eigenvalue weighted by Gasteiger charge is 2.27. The Morgan fingerprint density at radius 1 is 0.784 bits per heavy atom. The van der Waals surface area contributed by atoms with Crippen molar-refractivity contribution in [3.8, 4) is 0 Å². The fourth-order valence-corrected chi connectivity index (χ4v) is 4.40. The minimum Gasteiger partial charge on any atom is -0.371 e. The van der Waals surface area contributed by atoms with Crippen molar-refractivity contribution >= 4 is 34.8 Å². The van der Waals surface area contributed by atoms with Crippen molar-refractivity contribution in [2.24, 2.45) is 5.92 Å². The molecule has 0 unspecified atom stereocenters. The molecule has 1 aliphatic rings. The van der Waals surface area contributed by atoms with E-state index in [1.54, 1.807) is 48.5 Å². The summed E-state index contributed by atoms with van der Waals surface area (Å²) < 4.78 is 0. The molecule has 1 saturated heterocycles. The van der Waals surface area contributed by atoms with E-state index >= 15 is 0 Å². The summed E-state index contributed by atoms with van der Waals surface area (Å²) in [6.07, 6.45) is 3.09. The van der Waals surface area contributed by atoms with Crippen molar-refractivity contribution in [2.45, 2.75) is 39.2 Å². The topological polar surface area (TPSA) is 90.5 Å². The van der Waals surface area contributed by atoms with Crippen molar-refractivity contribution in [1.82, 2.24) is 5.32 Å². The fourth-order valence-electron chi connectivity index (χ4n) is 4.40. The summed E-state index contributed by atoms with van der Waals surface area (Å²) in [5, 5.41) is 8.73. The maximum Gasteiger partial charge on any atom is 0.255 e. The van der Waals surface area contributed by atoms with E-state index in [0.717, 1.165) is 30.9 Å². The Balaban J connectivity index is 1.40. The zero-order valence-electron chi connectivity index (χ0n) is 21.4. The van der Waals surface area contributed by atoms with Gasteiger partial charge in [0.1, 0.15) is 6.04 Å². The van der Waals surface area contributed by atoms with Crippen LogP contribution in [0.15, 0.2) is 78.9 Å². The first-order valence-electron chi connectivity index (χ1n) is 12.9. The number of hydrogen-bond donors (Lipinski definition) is 3. The first-order chi connectivity index (χ1) is 17.9. The molecule has 2 atom stereocenters. The molecule has 1 heterocycles. The van der Waals surface area contributed by atoms with Gasteiger partial charge in [0.15, 0.2) is 0 Å². The Labute approximate surface area is 218 Å². The summed E-state index contributed by atoms with van der Waals surface area (Å²) in [6, 6.07) is 22.7. The van der Waals surface area contributed by atoms with Gasteiger partial charge in [-0.2, -0.15) is 0 Å². The van der Waals surface area contributed by atoms with Crippen LogP contribution in [0.5, 0.6) is 0 Å². The predicted octanol–water partition coefficient (Wildman–Crippen LogP) is 5.32. The Bertz CT molecular complexity index is 1220. The SMILES string of the molecule is CC[C@H](C)[C@@H](NC(=O)c1ccc(NC(=O)c2ccccc2)cc1)C(=O)Nc1cccc(N2CCCC2)c1. The molecule has 0 aliphatic carbocycles. The first kappa shape index (κ1) is 25.9. The molecule has 3 amide bonds. The average molecular weight is 499 g/mol. The zero-order chi connectivity index (χ0) is 26.2. The predicted molar refractivity (Wildman–Crippen MR) is 148 cm³/mol. The molecule has 4 rings (SSSR count). The maximum atomic E-state index is 13.2. The molecule has 0 saturated carbocycles. The normalized spacial score (nSPS) is 14.5.